The Morgan fingerprint density at radius 3 is 3.33 bits per heavy atom. The van der Waals surface area contributed by atoms with E-state index in [1.54, 1.807) is 12.5 Å². The summed E-state index contributed by atoms with van der Waals surface area (Å²) in [5, 5.41) is 0.928. The van der Waals surface area contributed by atoms with Gasteiger partial charge in [0, 0.05) is 11.6 Å². The summed E-state index contributed by atoms with van der Waals surface area (Å²) < 4.78 is 5.05. The molecule has 1 radical (unpaired) electrons. The number of furan rings is 1. The Morgan fingerprint density at radius 2 is 2.44 bits per heavy atom. The van der Waals surface area contributed by atoms with Crippen molar-refractivity contribution in [1.29, 1.82) is 0 Å². The van der Waals surface area contributed by atoms with E-state index in [9.17, 15) is 0 Å². The largest absolute Gasteiger partial charge is 0.464 e. The van der Waals surface area contributed by atoms with E-state index in [4.69, 9.17) is 4.42 Å². The standard InChI is InChI=1S/C7H4NO/c1-3-8-5-6-2-4-9-7(1)6/h1-4H. The molecule has 0 saturated carbocycles. The summed E-state index contributed by atoms with van der Waals surface area (Å²) in [6, 6.07) is 3.65. The average Bonchev–Trinajstić information content (AvgIpc) is 2.33. The summed E-state index contributed by atoms with van der Waals surface area (Å²) in [6.45, 7) is 0. The van der Waals surface area contributed by atoms with Crippen LogP contribution in [0.1, 0.15) is 0 Å². The van der Waals surface area contributed by atoms with E-state index < -0.39 is 0 Å². The predicted molar refractivity (Wildman–Crippen MR) is 32.8 cm³/mol. The number of aromatic nitrogens is 1. The second kappa shape index (κ2) is 1.58. The third-order valence-corrected chi connectivity index (χ3v) is 1.18. The molecule has 9 heavy (non-hydrogen) atoms. The molecule has 2 aromatic rings. The maximum Gasteiger partial charge on any atom is 0.137 e. The molecule has 2 aromatic heterocycles. The van der Waals surface area contributed by atoms with Crippen molar-refractivity contribution in [2.24, 2.45) is 0 Å². The Kier molecular flexibility index (Phi) is 0.803. The molecule has 0 amide bonds. The van der Waals surface area contributed by atoms with E-state index in [0.29, 0.717) is 0 Å². The molecule has 43 valence electrons. The molecule has 2 rings (SSSR count). The fraction of sp³-hybridized carbons (Fsp3) is 0. The van der Waals surface area contributed by atoms with Crippen LogP contribution in [0.4, 0.5) is 0 Å². The number of fused-ring (bicyclic) bond motifs is 1. The number of rotatable bonds is 0. The van der Waals surface area contributed by atoms with E-state index >= 15 is 0 Å². The first-order valence-corrected chi connectivity index (χ1v) is 2.67. The van der Waals surface area contributed by atoms with Gasteiger partial charge in [-0.2, -0.15) is 0 Å². The Balaban J connectivity index is 2.95. The lowest BCUT2D eigenvalue weighted by molar-refractivity contribution is 0.615. The SMILES string of the molecule is [c]1nccc2occc12. The molecule has 0 unspecified atom stereocenters. The Bertz CT molecular complexity index is 283. The summed E-state index contributed by atoms with van der Waals surface area (Å²) in [5.74, 6) is 0. The number of pyridine rings is 1. The van der Waals surface area contributed by atoms with Crippen LogP contribution in [0.25, 0.3) is 11.0 Å². The van der Waals surface area contributed by atoms with Crippen molar-refractivity contribution in [3.05, 3.63) is 30.8 Å². The highest BCUT2D eigenvalue weighted by molar-refractivity contribution is 5.74. The van der Waals surface area contributed by atoms with E-state index in [1.807, 2.05) is 12.1 Å². The van der Waals surface area contributed by atoms with Gasteiger partial charge in [-0.05, 0) is 12.1 Å². The van der Waals surface area contributed by atoms with Crippen LogP contribution in [-0.4, -0.2) is 4.98 Å². The van der Waals surface area contributed by atoms with Crippen molar-refractivity contribution >= 4 is 11.0 Å². The fourth-order valence-corrected chi connectivity index (χ4v) is 0.754. The molecular formula is C7H4NO. The quantitative estimate of drug-likeness (QED) is 0.525. The number of hydrogen-bond acceptors (Lipinski definition) is 2. The summed E-state index contributed by atoms with van der Waals surface area (Å²) >= 11 is 0. The van der Waals surface area contributed by atoms with Crippen LogP contribution in [0.3, 0.4) is 0 Å². The van der Waals surface area contributed by atoms with Gasteiger partial charge in [-0.15, -0.1) is 0 Å². The zero-order chi connectivity index (χ0) is 6.10. The minimum atomic E-state index is 0.838. The molecule has 0 atom stereocenters. The van der Waals surface area contributed by atoms with Gasteiger partial charge in [0.2, 0.25) is 0 Å². The van der Waals surface area contributed by atoms with E-state index in [1.165, 1.54) is 0 Å². The number of nitrogens with zero attached hydrogens (tertiary/aromatic N) is 1. The molecule has 2 nitrogen and oxygen atoms in total. The second-order valence-corrected chi connectivity index (χ2v) is 1.76. The van der Waals surface area contributed by atoms with Crippen LogP contribution in [0.15, 0.2) is 29.0 Å². The third-order valence-electron chi connectivity index (χ3n) is 1.18. The first kappa shape index (κ1) is 4.56. The molecule has 0 spiro atoms. The molecule has 0 bridgehead atoms. The van der Waals surface area contributed by atoms with Crippen molar-refractivity contribution in [2.75, 3.05) is 0 Å². The summed E-state index contributed by atoms with van der Waals surface area (Å²) in [6.07, 6.45) is 6.07. The van der Waals surface area contributed by atoms with Gasteiger partial charge in [0.15, 0.2) is 0 Å². The van der Waals surface area contributed by atoms with E-state index in [0.717, 1.165) is 11.0 Å². The maximum absolute atomic E-state index is 5.05. The van der Waals surface area contributed by atoms with Crippen LogP contribution in [0, 0.1) is 6.20 Å². The lowest BCUT2D eigenvalue weighted by atomic mass is 10.3. The minimum Gasteiger partial charge on any atom is -0.464 e. The van der Waals surface area contributed by atoms with Crippen molar-refractivity contribution in [3.63, 3.8) is 0 Å². The van der Waals surface area contributed by atoms with Crippen LogP contribution in [0.5, 0.6) is 0 Å². The third kappa shape index (κ3) is 0.598. The molecular weight excluding hydrogens is 114 g/mol. The van der Waals surface area contributed by atoms with Crippen molar-refractivity contribution in [3.8, 4) is 0 Å². The molecule has 0 fully saturated rings. The van der Waals surface area contributed by atoms with Gasteiger partial charge in [0.1, 0.15) is 11.8 Å². The van der Waals surface area contributed by atoms with Crippen LogP contribution in [0.2, 0.25) is 0 Å². The van der Waals surface area contributed by atoms with Gasteiger partial charge < -0.3 is 4.42 Å². The van der Waals surface area contributed by atoms with Crippen LogP contribution < -0.4 is 0 Å². The summed E-state index contributed by atoms with van der Waals surface area (Å²) in [5.41, 5.74) is 0.838. The zero-order valence-electron chi connectivity index (χ0n) is 4.66. The van der Waals surface area contributed by atoms with Crippen molar-refractivity contribution in [1.82, 2.24) is 4.98 Å². The Labute approximate surface area is 52.1 Å². The average molecular weight is 118 g/mol. The fourth-order valence-electron chi connectivity index (χ4n) is 0.754. The topological polar surface area (TPSA) is 26.0 Å². The van der Waals surface area contributed by atoms with E-state index in [2.05, 4.69) is 11.2 Å². The van der Waals surface area contributed by atoms with Gasteiger partial charge in [0.25, 0.3) is 0 Å². The monoisotopic (exact) mass is 118 g/mol. The Morgan fingerprint density at radius 1 is 1.44 bits per heavy atom. The van der Waals surface area contributed by atoms with Gasteiger partial charge in [-0.1, -0.05) is 0 Å². The molecule has 0 N–H and O–H groups in total. The van der Waals surface area contributed by atoms with Crippen molar-refractivity contribution in [2.45, 2.75) is 0 Å². The lowest BCUT2D eigenvalue weighted by Gasteiger charge is -1.79. The van der Waals surface area contributed by atoms with Crippen LogP contribution in [-0.2, 0) is 0 Å². The Hall–Kier alpha value is -1.31. The maximum atomic E-state index is 5.05. The van der Waals surface area contributed by atoms with Crippen molar-refractivity contribution < 1.29 is 4.42 Å². The van der Waals surface area contributed by atoms with Gasteiger partial charge in [-0.3, -0.25) is 4.98 Å². The molecule has 0 saturated heterocycles. The second-order valence-electron chi connectivity index (χ2n) is 1.76. The van der Waals surface area contributed by atoms with Gasteiger partial charge in [-0.25, -0.2) is 0 Å². The van der Waals surface area contributed by atoms with Gasteiger partial charge >= 0.3 is 0 Å². The molecule has 0 aliphatic heterocycles. The first-order chi connectivity index (χ1) is 4.47. The molecule has 0 aliphatic rings. The lowest BCUT2D eigenvalue weighted by Crippen LogP contribution is -1.66. The van der Waals surface area contributed by atoms with Gasteiger partial charge in [0.05, 0.1) is 6.26 Å². The highest BCUT2D eigenvalue weighted by Crippen LogP contribution is 2.10. The van der Waals surface area contributed by atoms with E-state index in [-0.39, 0.29) is 0 Å². The normalized spacial score (nSPS) is 10.2. The predicted octanol–water partition coefficient (Wildman–Crippen LogP) is 1.63. The smallest absolute Gasteiger partial charge is 0.137 e. The zero-order valence-corrected chi connectivity index (χ0v) is 4.66. The molecule has 2 heterocycles. The van der Waals surface area contributed by atoms with Crippen LogP contribution >= 0.6 is 0 Å². The molecule has 0 aromatic carbocycles. The highest BCUT2D eigenvalue weighted by atomic mass is 16.3. The minimum absolute atomic E-state index is 0.838. The first-order valence-electron chi connectivity index (χ1n) is 2.67. The number of hydrogen-bond donors (Lipinski definition) is 0. The summed E-state index contributed by atoms with van der Waals surface area (Å²) in [7, 11) is 0. The summed E-state index contributed by atoms with van der Waals surface area (Å²) in [4.78, 5) is 3.80. The molecule has 2 heteroatoms. The highest BCUT2D eigenvalue weighted by Gasteiger charge is 1.91. The molecule has 0 aliphatic carbocycles.